The standard InChI is InChI=1S/C25H21BrN2O.C2H7N/c1-17(27-2)14-28-15-23(22-12-6-8-18-7-3-4-11-21(18)22)24(16-28)25(29)19-9-5-10-20(26)13-19;1-3-2/h3-13,15-16,27H,1,14H2,2H3;3H,1-2H3. The molecule has 4 rings (SSSR count). The van der Waals surface area contributed by atoms with Crippen molar-refractivity contribution in [3.05, 3.63) is 107 Å². The summed E-state index contributed by atoms with van der Waals surface area (Å²) < 4.78 is 2.90. The first-order valence-corrected chi connectivity index (χ1v) is 11.2. The van der Waals surface area contributed by atoms with E-state index in [9.17, 15) is 4.79 Å². The second-order valence-corrected chi connectivity index (χ2v) is 8.39. The number of halogens is 1. The minimum absolute atomic E-state index is 0.00283. The number of rotatable bonds is 6. The van der Waals surface area contributed by atoms with Gasteiger partial charge in [0, 0.05) is 46.3 Å². The van der Waals surface area contributed by atoms with Crippen molar-refractivity contribution < 1.29 is 4.79 Å². The molecule has 0 bridgehead atoms. The van der Waals surface area contributed by atoms with Crippen LogP contribution in [0.2, 0.25) is 0 Å². The quantitative estimate of drug-likeness (QED) is 0.333. The molecular weight excluding hydrogens is 462 g/mol. The van der Waals surface area contributed by atoms with Crippen LogP contribution >= 0.6 is 15.9 Å². The first-order valence-electron chi connectivity index (χ1n) is 10.4. The highest BCUT2D eigenvalue weighted by atomic mass is 79.9. The van der Waals surface area contributed by atoms with Crippen LogP contribution < -0.4 is 10.6 Å². The minimum atomic E-state index is 0.00283. The molecule has 164 valence electrons. The third-order valence-corrected chi connectivity index (χ3v) is 5.51. The molecule has 0 saturated heterocycles. The highest BCUT2D eigenvalue weighted by Crippen LogP contribution is 2.33. The minimum Gasteiger partial charge on any atom is -0.390 e. The average molecular weight is 490 g/mol. The predicted octanol–water partition coefficient (Wildman–Crippen LogP) is 5.87. The van der Waals surface area contributed by atoms with Crippen molar-refractivity contribution in [1.29, 1.82) is 0 Å². The van der Waals surface area contributed by atoms with E-state index in [1.807, 2.05) is 80.6 Å². The number of likely N-dealkylation sites (N-methyl/N-ethyl adjacent to an activating group) is 1. The summed E-state index contributed by atoms with van der Waals surface area (Å²) in [5, 5.41) is 8.10. The van der Waals surface area contributed by atoms with Crippen LogP contribution in [0.15, 0.2) is 95.9 Å². The van der Waals surface area contributed by atoms with Gasteiger partial charge in [0.2, 0.25) is 0 Å². The molecule has 0 aliphatic rings. The number of aromatic nitrogens is 1. The van der Waals surface area contributed by atoms with Gasteiger partial charge in [-0.25, -0.2) is 0 Å². The lowest BCUT2D eigenvalue weighted by Crippen LogP contribution is -2.10. The maximum absolute atomic E-state index is 13.4. The number of carbonyl (C=O) groups excluding carboxylic acids is 1. The summed E-state index contributed by atoms with van der Waals surface area (Å²) in [6.07, 6.45) is 3.96. The maximum atomic E-state index is 13.4. The van der Waals surface area contributed by atoms with E-state index in [2.05, 4.69) is 57.4 Å². The molecular formula is C27H28BrN3O. The van der Waals surface area contributed by atoms with Crippen LogP contribution in [-0.2, 0) is 6.54 Å². The van der Waals surface area contributed by atoms with Gasteiger partial charge in [0.05, 0.1) is 6.54 Å². The Morgan fingerprint density at radius 3 is 2.34 bits per heavy atom. The zero-order valence-electron chi connectivity index (χ0n) is 18.7. The number of hydrogen-bond donors (Lipinski definition) is 2. The molecule has 0 aliphatic heterocycles. The molecule has 5 heteroatoms. The highest BCUT2D eigenvalue weighted by molar-refractivity contribution is 9.10. The normalized spacial score (nSPS) is 10.4. The molecule has 4 nitrogen and oxygen atoms in total. The van der Waals surface area contributed by atoms with Crippen molar-refractivity contribution >= 4 is 32.5 Å². The number of fused-ring (bicyclic) bond motifs is 1. The number of nitrogens with zero attached hydrogens (tertiary/aromatic N) is 1. The fraction of sp³-hybridized carbons (Fsp3) is 0.148. The second kappa shape index (κ2) is 10.9. The SMILES string of the molecule is C=C(Cn1cc(C(=O)c2cccc(Br)c2)c(-c2cccc3ccccc23)c1)NC.CNC. The number of benzene rings is 3. The van der Waals surface area contributed by atoms with E-state index >= 15 is 0 Å². The lowest BCUT2D eigenvalue weighted by atomic mass is 9.94. The molecule has 0 atom stereocenters. The van der Waals surface area contributed by atoms with Crippen LogP contribution in [0.1, 0.15) is 15.9 Å². The monoisotopic (exact) mass is 489 g/mol. The van der Waals surface area contributed by atoms with Crippen molar-refractivity contribution in [1.82, 2.24) is 15.2 Å². The molecule has 0 saturated carbocycles. The Hall–Kier alpha value is -3.15. The first-order chi connectivity index (χ1) is 15.5. The molecule has 0 fully saturated rings. The zero-order chi connectivity index (χ0) is 23.1. The third-order valence-electron chi connectivity index (χ3n) is 5.02. The summed E-state index contributed by atoms with van der Waals surface area (Å²) >= 11 is 3.47. The number of nitrogens with one attached hydrogen (secondary N) is 2. The summed E-state index contributed by atoms with van der Waals surface area (Å²) in [5.74, 6) is 0.00283. The Balaban J connectivity index is 0.000000913. The zero-order valence-corrected chi connectivity index (χ0v) is 20.2. The van der Waals surface area contributed by atoms with Gasteiger partial charge in [0.25, 0.3) is 0 Å². The number of ketones is 1. The van der Waals surface area contributed by atoms with Gasteiger partial charge in [-0.3, -0.25) is 4.79 Å². The fourth-order valence-corrected chi connectivity index (χ4v) is 3.94. The van der Waals surface area contributed by atoms with Crippen LogP contribution in [0.3, 0.4) is 0 Å². The molecule has 32 heavy (non-hydrogen) atoms. The van der Waals surface area contributed by atoms with Gasteiger partial charge >= 0.3 is 0 Å². The first kappa shape index (κ1) is 23.5. The smallest absolute Gasteiger partial charge is 0.195 e. The van der Waals surface area contributed by atoms with Gasteiger partial charge < -0.3 is 15.2 Å². The van der Waals surface area contributed by atoms with Gasteiger partial charge in [0.1, 0.15) is 0 Å². The van der Waals surface area contributed by atoms with E-state index in [0.29, 0.717) is 17.7 Å². The number of carbonyl (C=O) groups is 1. The van der Waals surface area contributed by atoms with Crippen molar-refractivity contribution in [2.24, 2.45) is 0 Å². The molecule has 0 spiro atoms. The Kier molecular flexibility index (Phi) is 8.03. The predicted molar refractivity (Wildman–Crippen MR) is 138 cm³/mol. The highest BCUT2D eigenvalue weighted by Gasteiger charge is 2.19. The molecule has 0 aliphatic carbocycles. The number of hydrogen-bond acceptors (Lipinski definition) is 3. The molecule has 4 aromatic rings. The molecule has 0 amide bonds. The molecule has 1 aromatic heterocycles. The second-order valence-electron chi connectivity index (χ2n) is 7.48. The molecule has 3 aromatic carbocycles. The Bertz CT molecular complexity index is 1240. The Labute approximate surface area is 198 Å². The summed E-state index contributed by atoms with van der Waals surface area (Å²) in [4.78, 5) is 13.4. The van der Waals surface area contributed by atoms with Gasteiger partial charge in [-0.1, -0.05) is 77.1 Å². The maximum Gasteiger partial charge on any atom is 0.195 e. The molecule has 0 radical (unpaired) electrons. The Morgan fingerprint density at radius 1 is 0.938 bits per heavy atom. The summed E-state index contributed by atoms with van der Waals surface area (Å²) in [7, 11) is 5.60. The number of allylic oxidation sites excluding steroid dienone is 1. The molecule has 0 unspecified atom stereocenters. The van der Waals surface area contributed by atoms with Crippen LogP contribution in [0.4, 0.5) is 0 Å². The van der Waals surface area contributed by atoms with Gasteiger partial charge in [-0.15, -0.1) is 0 Å². The van der Waals surface area contributed by atoms with Crippen molar-refractivity contribution in [3.63, 3.8) is 0 Å². The Morgan fingerprint density at radius 2 is 1.62 bits per heavy atom. The van der Waals surface area contributed by atoms with Gasteiger partial charge in [-0.05, 0) is 42.6 Å². The van der Waals surface area contributed by atoms with E-state index in [-0.39, 0.29) is 5.78 Å². The largest absolute Gasteiger partial charge is 0.390 e. The lowest BCUT2D eigenvalue weighted by Gasteiger charge is -2.08. The van der Waals surface area contributed by atoms with Crippen LogP contribution in [0.25, 0.3) is 21.9 Å². The van der Waals surface area contributed by atoms with Gasteiger partial charge in [0.15, 0.2) is 5.78 Å². The van der Waals surface area contributed by atoms with Crippen LogP contribution in [0.5, 0.6) is 0 Å². The molecule has 2 N–H and O–H groups in total. The average Bonchev–Trinajstić information content (AvgIpc) is 3.22. The van der Waals surface area contributed by atoms with E-state index in [1.165, 1.54) is 0 Å². The van der Waals surface area contributed by atoms with Crippen molar-refractivity contribution in [3.8, 4) is 11.1 Å². The van der Waals surface area contributed by atoms with E-state index in [0.717, 1.165) is 32.1 Å². The van der Waals surface area contributed by atoms with Crippen molar-refractivity contribution in [2.45, 2.75) is 6.54 Å². The lowest BCUT2D eigenvalue weighted by molar-refractivity contribution is 0.103. The fourth-order valence-electron chi connectivity index (χ4n) is 3.54. The van der Waals surface area contributed by atoms with Gasteiger partial charge in [-0.2, -0.15) is 0 Å². The third kappa shape index (κ3) is 5.36. The van der Waals surface area contributed by atoms with Crippen LogP contribution in [-0.4, -0.2) is 31.5 Å². The molecule has 1 heterocycles. The summed E-state index contributed by atoms with van der Waals surface area (Å²) in [6.45, 7) is 4.62. The van der Waals surface area contributed by atoms with E-state index in [4.69, 9.17) is 0 Å². The van der Waals surface area contributed by atoms with E-state index in [1.54, 1.807) is 0 Å². The summed E-state index contributed by atoms with van der Waals surface area (Å²) in [6, 6.07) is 22.0. The van der Waals surface area contributed by atoms with Crippen molar-refractivity contribution in [2.75, 3.05) is 21.1 Å². The summed E-state index contributed by atoms with van der Waals surface area (Å²) in [5.41, 5.74) is 4.20. The van der Waals surface area contributed by atoms with E-state index < -0.39 is 0 Å². The topological polar surface area (TPSA) is 46.1 Å². The van der Waals surface area contributed by atoms with Crippen LogP contribution in [0, 0.1) is 0 Å².